The lowest BCUT2D eigenvalue weighted by Crippen LogP contribution is -2.30. The summed E-state index contributed by atoms with van der Waals surface area (Å²) in [7, 11) is 1.36. The lowest BCUT2D eigenvalue weighted by atomic mass is 9.95. The maximum atomic E-state index is 12.6. The van der Waals surface area contributed by atoms with Gasteiger partial charge in [-0.05, 0) is 49.5 Å². The van der Waals surface area contributed by atoms with Crippen LogP contribution < -0.4 is 10.6 Å². The number of hydrogen-bond donors (Lipinski definition) is 2. The van der Waals surface area contributed by atoms with E-state index in [-0.39, 0.29) is 17.9 Å². The van der Waals surface area contributed by atoms with Crippen LogP contribution in [0.5, 0.6) is 0 Å². The molecule has 3 rings (SSSR count). The van der Waals surface area contributed by atoms with Gasteiger partial charge >= 0.3 is 5.97 Å². The fourth-order valence-corrected chi connectivity index (χ4v) is 3.20. The van der Waals surface area contributed by atoms with Crippen molar-refractivity contribution in [3.8, 4) is 0 Å². The Morgan fingerprint density at radius 1 is 1.21 bits per heavy atom. The summed E-state index contributed by atoms with van der Waals surface area (Å²) in [6, 6.07) is 6.98. The molecule has 1 aliphatic carbocycles. The van der Waals surface area contributed by atoms with Gasteiger partial charge in [0, 0.05) is 17.8 Å². The molecule has 1 aliphatic heterocycles. The minimum absolute atomic E-state index is 0.0189. The third kappa shape index (κ3) is 3.20. The lowest BCUT2D eigenvalue weighted by Gasteiger charge is -2.20. The van der Waals surface area contributed by atoms with E-state index >= 15 is 0 Å². The molecule has 0 saturated carbocycles. The van der Waals surface area contributed by atoms with Crippen molar-refractivity contribution < 1.29 is 14.3 Å². The largest absolute Gasteiger partial charge is 0.465 e. The Balaban J connectivity index is 1.70. The Hall–Kier alpha value is -2.56. The van der Waals surface area contributed by atoms with Crippen molar-refractivity contribution in [2.75, 3.05) is 13.7 Å². The van der Waals surface area contributed by atoms with Crippen LogP contribution in [-0.2, 0) is 9.53 Å². The molecule has 1 fully saturated rings. The first kappa shape index (κ1) is 16.3. The number of benzene rings is 1. The number of fused-ring (bicyclic) bond motifs is 1. The van der Waals surface area contributed by atoms with Gasteiger partial charge in [-0.3, -0.25) is 4.79 Å². The molecule has 126 valence electrons. The molecule has 2 N–H and O–H groups in total. The SMILES string of the molecule is COC(=O)c1ccc([C@H](C)NC(=O)C2=C3NCCC3=CCC2)cc1. The quantitative estimate of drug-likeness (QED) is 0.835. The van der Waals surface area contributed by atoms with Gasteiger partial charge in [0.05, 0.1) is 18.7 Å². The number of carbonyl (C=O) groups excluding carboxylic acids is 2. The molecule has 0 bridgehead atoms. The summed E-state index contributed by atoms with van der Waals surface area (Å²) in [4.78, 5) is 24.1. The van der Waals surface area contributed by atoms with Crippen LogP contribution in [0.4, 0.5) is 0 Å². The van der Waals surface area contributed by atoms with Gasteiger partial charge in [0.2, 0.25) is 5.91 Å². The second kappa shape index (κ2) is 6.91. The highest BCUT2D eigenvalue weighted by Gasteiger charge is 2.25. The minimum Gasteiger partial charge on any atom is -0.465 e. The van der Waals surface area contributed by atoms with Gasteiger partial charge in [-0.25, -0.2) is 4.79 Å². The molecule has 1 amide bonds. The van der Waals surface area contributed by atoms with Crippen LogP contribution in [0.1, 0.15) is 48.1 Å². The summed E-state index contributed by atoms with van der Waals surface area (Å²) in [5.74, 6) is -0.381. The summed E-state index contributed by atoms with van der Waals surface area (Å²) < 4.78 is 4.69. The first-order valence-electron chi connectivity index (χ1n) is 8.25. The van der Waals surface area contributed by atoms with Gasteiger partial charge in [0.25, 0.3) is 0 Å². The number of amides is 1. The minimum atomic E-state index is -0.362. The van der Waals surface area contributed by atoms with Gasteiger partial charge in [0.1, 0.15) is 0 Å². The van der Waals surface area contributed by atoms with Crippen molar-refractivity contribution in [1.29, 1.82) is 0 Å². The van der Waals surface area contributed by atoms with Crippen LogP contribution in [0.3, 0.4) is 0 Å². The molecule has 5 nitrogen and oxygen atoms in total. The molecule has 24 heavy (non-hydrogen) atoms. The van der Waals surface area contributed by atoms with Crippen LogP contribution in [0.2, 0.25) is 0 Å². The Bertz CT molecular complexity index is 717. The highest BCUT2D eigenvalue weighted by Crippen LogP contribution is 2.29. The monoisotopic (exact) mass is 326 g/mol. The highest BCUT2D eigenvalue weighted by molar-refractivity contribution is 5.95. The third-order valence-electron chi connectivity index (χ3n) is 4.56. The molecule has 0 aromatic heterocycles. The average molecular weight is 326 g/mol. The summed E-state index contributed by atoms with van der Waals surface area (Å²) >= 11 is 0. The normalized spacial score (nSPS) is 17.5. The van der Waals surface area contributed by atoms with Crippen LogP contribution in [0.25, 0.3) is 0 Å². The summed E-state index contributed by atoms with van der Waals surface area (Å²) in [6.45, 7) is 2.85. The van der Waals surface area contributed by atoms with Gasteiger partial charge in [-0.2, -0.15) is 0 Å². The molecule has 1 aromatic carbocycles. The van der Waals surface area contributed by atoms with E-state index < -0.39 is 0 Å². The van der Waals surface area contributed by atoms with Gasteiger partial charge in [0.15, 0.2) is 0 Å². The Kier molecular flexibility index (Phi) is 4.69. The van der Waals surface area contributed by atoms with E-state index in [1.165, 1.54) is 12.7 Å². The fourth-order valence-electron chi connectivity index (χ4n) is 3.20. The Labute approximate surface area is 141 Å². The molecule has 1 saturated heterocycles. The molecule has 1 heterocycles. The lowest BCUT2D eigenvalue weighted by molar-refractivity contribution is -0.118. The Morgan fingerprint density at radius 3 is 2.67 bits per heavy atom. The maximum absolute atomic E-state index is 12.6. The van der Waals surface area contributed by atoms with Crippen LogP contribution in [-0.4, -0.2) is 25.5 Å². The molecule has 1 aromatic rings. The van der Waals surface area contributed by atoms with E-state index in [1.54, 1.807) is 12.1 Å². The van der Waals surface area contributed by atoms with E-state index in [9.17, 15) is 9.59 Å². The number of allylic oxidation sites excluding steroid dienone is 2. The third-order valence-corrected chi connectivity index (χ3v) is 4.56. The number of esters is 1. The predicted molar refractivity (Wildman–Crippen MR) is 91.3 cm³/mol. The van der Waals surface area contributed by atoms with Crippen LogP contribution >= 0.6 is 0 Å². The number of hydrogen-bond acceptors (Lipinski definition) is 4. The van der Waals surface area contributed by atoms with Gasteiger partial charge in [-0.1, -0.05) is 18.2 Å². The second-order valence-electron chi connectivity index (χ2n) is 6.11. The Morgan fingerprint density at radius 2 is 1.96 bits per heavy atom. The first-order valence-corrected chi connectivity index (χ1v) is 8.25. The first-order chi connectivity index (χ1) is 11.6. The van der Waals surface area contributed by atoms with Gasteiger partial charge in [-0.15, -0.1) is 0 Å². The van der Waals surface area contributed by atoms with Crippen LogP contribution in [0, 0.1) is 0 Å². The molecule has 0 unspecified atom stereocenters. The second-order valence-corrected chi connectivity index (χ2v) is 6.11. The maximum Gasteiger partial charge on any atom is 0.337 e. The van der Waals surface area contributed by atoms with E-state index in [1.807, 2.05) is 19.1 Å². The standard InChI is InChI=1S/C19H22N2O3/c1-12(13-6-8-15(9-7-13)19(23)24-2)21-18(22)16-5-3-4-14-10-11-20-17(14)16/h4,6-9,12,20H,3,5,10-11H2,1-2H3,(H,21,22)/t12-/m0/s1. The van der Waals surface area contributed by atoms with Crippen molar-refractivity contribution in [1.82, 2.24) is 10.6 Å². The number of rotatable bonds is 4. The van der Waals surface area contributed by atoms with Crippen molar-refractivity contribution >= 4 is 11.9 Å². The summed E-state index contributed by atoms with van der Waals surface area (Å²) in [6.07, 6.45) is 4.91. The molecule has 5 heteroatoms. The van der Waals surface area contributed by atoms with Crippen molar-refractivity contribution in [2.45, 2.75) is 32.2 Å². The molecule has 0 spiro atoms. The highest BCUT2D eigenvalue weighted by atomic mass is 16.5. The van der Waals surface area contributed by atoms with Gasteiger partial charge < -0.3 is 15.4 Å². The molecular formula is C19H22N2O3. The predicted octanol–water partition coefficient (Wildman–Crippen LogP) is 2.62. The fraction of sp³-hybridized carbons (Fsp3) is 0.368. The molecule has 2 aliphatic rings. The van der Waals surface area contributed by atoms with E-state index in [0.29, 0.717) is 5.56 Å². The molecule has 0 radical (unpaired) electrons. The van der Waals surface area contributed by atoms with Crippen LogP contribution in [0.15, 0.2) is 47.2 Å². The van der Waals surface area contributed by atoms with E-state index in [0.717, 1.165) is 42.6 Å². The smallest absolute Gasteiger partial charge is 0.337 e. The van der Waals surface area contributed by atoms with E-state index in [4.69, 9.17) is 4.74 Å². The topological polar surface area (TPSA) is 67.4 Å². The summed E-state index contributed by atoms with van der Waals surface area (Å²) in [5.41, 5.74) is 4.59. The zero-order valence-corrected chi connectivity index (χ0v) is 14.0. The van der Waals surface area contributed by atoms with Crippen molar-refractivity contribution in [3.05, 3.63) is 58.3 Å². The van der Waals surface area contributed by atoms with Crippen molar-refractivity contribution in [2.24, 2.45) is 0 Å². The van der Waals surface area contributed by atoms with E-state index in [2.05, 4.69) is 16.7 Å². The number of methoxy groups -OCH3 is 1. The average Bonchev–Trinajstić information content (AvgIpc) is 3.09. The zero-order valence-electron chi connectivity index (χ0n) is 14.0. The molecule has 1 atom stereocenters. The summed E-state index contributed by atoms with van der Waals surface area (Å²) in [5, 5.41) is 6.39. The van der Waals surface area contributed by atoms with Crippen molar-refractivity contribution in [3.63, 3.8) is 0 Å². The number of carbonyl (C=O) groups is 2. The zero-order chi connectivity index (χ0) is 17.1. The molecular weight excluding hydrogens is 304 g/mol. The number of nitrogens with one attached hydrogen (secondary N) is 2. The number of ether oxygens (including phenoxy) is 1.